The van der Waals surface area contributed by atoms with Crippen LogP contribution >= 0.6 is 0 Å². The Kier molecular flexibility index (Phi) is 3.44. The van der Waals surface area contributed by atoms with E-state index in [4.69, 9.17) is 4.74 Å². The summed E-state index contributed by atoms with van der Waals surface area (Å²) in [6.07, 6.45) is 4.50. The van der Waals surface area contributed by atoms with E-state index in [1.807, 2.05) is 0 Å². The fraction of sp³-hybridized carbons (Fsp3) is 0.636. The lowest BCUT2D eigenvalue weighted by molar-refractivity contribution is 0.0737. The lowest BCUT2D eigenvalue weighted by Crippen LogP contribution is -2.31. The average molecular weight is 194 g/mol. The van der Waals surface area contributed by atoms with Crippen molar-refractivity contribution in [3.63, 3.8) is 0 Å². The molecule has 0 aliphatic carbocycles. The molecule has 1 heterocycles. The van der Waals surface area contributed by atoms with E-state index in [2.05, 4.69) is 37.7 Å². The number of ether oxygens (including phenoxy) is 1. The van der Waals surface area contributed by atoms with Gasteiger partial charge in [0.05, 0.1) is 0 Å². The SMILES string of the molecule is CCC(Oc1ncccn1)C(C)(C)C. The third-order valence-electron chi connectivity index (χ3n) is 2.13. The van der Waals surface area contributed by atoms with Gasteiger partial charge in [0.25, 0.3) is 0 Å². The van der Waals surface area contributed by atoms with Crippen molar-refractivity contribution in [3.8, 4) is 6.01 Å². The van der Waals surface area contributed by atoms with Gasteiger partial charge in [0.1, 0.15) is 6.10 Å². The minimum atomic E-state index is 0.119. The van der Waals surface area contributed by atoms with Crippen LogP contribution in [0.2, 0.25) is 0 Å². The molecule has 1 atom stereocenters. The fourth-order valence-corrected chi connectivity index (χ4v) is 1.35. The zero-order chi connectivity index (χ0) is 10.6. The number of hydrogen-bond acceptors (Lipinski definition) is 3. The first-order valence-corrected chi connectivity index (χ1v) is 4.97. The quantitative estimate of drug-likeness (QED) is 0.742. The lowest BCUT2D eigenvalue weighted by atomic mass is 9.87. The van der Waals surface area contributed by atoms with Crippen molar-refractivity contribution in [1.82, 2.24) is 9.97 Å². The van der Waals surface area contributed by atoms with Crippen LogP contribution in [0.1, 0.15) is 34.1 Å². The molecule has 78 valence electrons. The predicted octanol–water partition coefficient (Wildman–Crippen LogP) is 2.68. The fourth-order valence-electron chi connectivity index (χ4n) is 1.35. The predicted molar refractivity (Wildman–Crippen MR) is 56.2 cm³/mol. The molecule has 1 rings (SSSR count). The van der Waals surface area contributed by atoms with Crippen molar-refractivity contribution in [2.24, 2.45) is 5.41 Å². The number of nitrogens with zero attached hydrogens (tertiary/aromatic N) is 2. The van der Waals surface area contributed by atoms with Crippen LogP contribution in [0.3, 0.4) is 0 Å². The van der Waals surface area contributed by atoms with Crippen LogP contribution in [-0.4, -0.2) is 16.1 Å². The third kappa shape index (κ3) is 2.98. The summed E-state index contributed by atoms with van der Waals surface area (Å²) in [6.45, 7) is 8.58. The standard InChI is InChI=1S/C11H18N2O/c1-5-9(11(2,3)4)14-10-12-7-6-8-13-10/h6-9H,5H2,1-4H3. The molecule has 0 aliphatic heterocycles. The van der Waals surface area contributed by atoms with Gasteiger partial charge >= 0.3 is 6.01 Å². The number of rotatable bonds is 3. The summed E-state index contributed by atoms with van der Waals surface area (Å²) in [6, 6.07) is 2.25. The molecule has 0 saturated heterocycles. The summed E-state index contributed by atoms with van der Waals surface area (Å²) in [5, 5.41) is 0. The van der Waals surface area contributed by atoms with E-state index >= 15 is 0 Å². The second-order valence-corrected chi connectivity index (χ2v) is 4.41. The van der Waals surface area contributed by atoms with Gasteiger partial charge in [0.2, 0.25) is 0 Å². The van der Waals surface area contributed by atoms with Crippen molar-refractivity contribution in [1.29, 1.82) is 0 Å². The van der Waals surface area contributed by atoms with Crippen LogP contribution in [-0.2, 0) is 0 Å². The van der Waals surface area contributed by atoms with Crippen LogP contribution in [0, 0.1) is 5.41 Å². The van der Waals surface area contributed by atoms with Gasteiger partial charge in [0.15, 0.2) is 0 Å². The Hall–Kier alpha value is -1.12. The van der Waals surface area contributed by atoms with E-state index in [1.165, 1.54) is 0 Å². The van der Waals surface area contributed by atoms with Crippen LogP contribution in [0.4, 0.5) is 0 Å². The molecule has 14 heavy (non-hydrogen) atoms. The first-order valence-electron chi connectivity index (χ1n) is 4.97. The second-order valence-electron chi connectivity index (χ2n) is 4.41. The van der Waals surface area contributed by atoms with Gasteiger partial charge in [-0.15, -0.1) is 0 Å². The molecule has 0 amide bonds. The van der Waals surface area contributed by atoms with E-state index in [0.29, 0.717) is 6.01 Å². The van der Waals surface area contributed by atoms with Crippen molar-refractivity contribution < 1.29 is 4.74 Å². The van der Waals surface area contributed by atoms with Gasteiger partial charge in [-0.05, 0) is 17.9 Å². The summed E-state index contributed by atoms with van der Waals surface area (Å²) in [5.41, 5.74) is 0.119. The Morgan fingerprint density at radius 3 is 2.29 bits per heavy atom. The Bertz CT molecular complexity index is 266. The first-order chi connectivity index (χ1) is 6.54. The Labute approximate surface area is 85.5 Å². The molecular weight excluding hydrogens is 176 g/mol. The molecule has 0 aromatic carbocycles. The highest BCUT2D eigenvalue weighted by Crippen LogP contribution is 2.24. The smallest absolute Gasteiger partial charge is 0.316 e. The molecule has 0 bridgehead atoms. The van der Waals surface area contributed by atoms with E-state index < -0.39 is 0 Å². The molecule has 1 aromatic heterocycles. The molecule has 0 spiro atoms. The molecule has 0 saturated carbocycles. The molecule has 3 nitrogen and oxygen atoms in total. The third-order valence-corrected chi connectivity index (χ3v) is 2.13. The Morgan fingerprint density at radius 2 is 1.86 bits per heavy atom. The lowest BCUT2D eigenvalue weighted by Gasteiger charge is -2.29. The molecule has 1 aromatic rings. The highest BCUT2D eigenvalue weighted by Gasteiger charge is 2.25. The zero-order valence-corrected chi connectivity index (χ0v) is 9.32. The van der Waals surface area contributed by atoms with E-state index in [1.54, 1.807) is 18.5 Å². The zero-order valence-electron chi connectivity index (χ0n) is 9.32. The van der Waals surface area contributed by atoms with E-state index in [9.17, 15) is 0 Å². The van der Waals surface area contributed by atoms with Gasteiger partial charge < -0.3 is 4.74 Å². The monoisotopic (exact) mass is 194 g/mol. The van der Waals surface area contributed by atoms with Gasteiger partial charge in [0, 0.05) is 12.4 Å². The second kappa shape index (κ2) is 4.40. The minimum Gasteiger partial charge on any atom is -0.460 e. The van der Waals surface area contributed by atoms with Crippen molar-refractivity contribution in [2.45, 2.75) is 40.2 Å². The maximum Gasteiger partial charge on any atom is 0.316 e. The molecule has 3 heteroatoms. The molecular formula is C11H18N2O. The maximum absolute atomic E-state index is 5.71. The van der Waals surface area contributed by atoms with Crippen molar-refractivity contribution in [2.75, 3.05) is 0 Å². The van der Waals surface area contributed by atoms with E-state index in [0.717, 1.165) is 6.42 Å². The summed E-state index contributed by atoms with van der Waals surface area (Å²) in [4.78, 5) is 8.09. The maximum atomic E-state index is 5.71. The van der Waals surface area contributed by atoms with Crippen molar-refractivity contribution >= 4 is 0 Å². The highest BCUT2D eigenvalue weighted by molar-refractivity contribution is 4.95. The van der Waals surface area contributed by atoms with Crippen molar-refractivity contribution in [3.05, 3.63) is 18.5 Å². The molecule has 0 N–H and O–H groups in total. The number of aromatic nitrogens is 2. The number of hydrogen-bond donors (Lipinski definition) is 0. The molecule has 0 fully saturated rings. The minimum absolute atomic E-state index is 0.119. The van der Waals surface area contributed by atoms with E-state index in [-0.39, 0.29) is 11.5 Å². The summed E-state index contributed by atoms with van der Waals surface area (Å²) in [7, 11) is 0. The largest absolute Gasteiger partial charge is 0.460 e. The molecule has 0 radical (unpaired) electrons. The average Bonchev–Trinajstić information content (AvgIpc) is 2.14. The van der Waals surface area contributed by atoms with Crippen LogP contribution in [0.25, 0.3) is 0 Å². The summed E-state index contributed by atoms with van der Waals surface area (Å²) < 4.78 is 5.71. The van der Waals surface area contributed by atoms with Gasteiger partial charge in [-0.2, -0.15) is 0 Å². The normalized spacial score (nSPS) is 13.7. The van der Waals surface area contributed by atoms with Gasteiger partial charge in [-0.25, -0.2) is 9.97 Å². The van der Waals surface area contributed by atoms with Gasteiger partial charge in [-0.3, -0.25) is 0 Å². The van der Waals surface area contributed by atoms with Crippen LogP contribution in [0.5, 0.6) is 6.01 Å². The highest BCUT2D eigenvalue weighted by atomic mass is 16.5. The molecule has 1 unspecified atom stereocenters. The topological polar surface area (TPSA) is 35.0 Å². The van der Waals surface area contributed by atoms with Gasteiger partial charge in [-0.1, -0.05) is 27.7 Å². The Balaban J connectivity index is 2.67. The van der Waals surface area contributed by atoms with Crippen LogP contribution < -0.4 is 4.74 Å². The first kappa shape index (κ1) is 11.0. The summed E-state index contributed by atoms with van der Waals surface area (Å²) in [5.74, 6) is 0. The van der Waals surface area contributed by atoms with Crippen LogP contribution in [0.15, 0.2) is 18.5 Å². The Morgan fingerprint density at radius 1 is 1.29 bits per heavy atom. The molecule has 0 aliphatic rings. The summed E-state index contributed by atoms with van der Waals surface area (Å²) >= 11 is 0.